The molecule has 0 fully saturated rings. The Morgan fingerprint density at radius 1 is 0.649 bits per heavy atom. The van der Waals surface area contributed by atoms with Crippen molar-refractivity contribution in [3.05, 3.63) is 33.0 Å². The Bertz CT molecular complexity index is 905. The fourth-order valence-corrected chi connectivity index (χ4v) is 9.40. The number of hydrogen-bond donors (Lipinski definition) is 0. The van der Waals surface area contributed by atoms with Gasteiger partial charge in [-0.3, -0.25) is 0 Å². The summed E-state index contributed by atoms with van der Waals surface area (Å²) in [6.45, 7) is 24.2. The summed E-state index contributed by atoms with van der Waals surface area (Å²) in [6.07, 6.45) is 15.9. The first-order valence-corrected chi connectivity index (χ1v) is 17.5. The zero-order chi connectivity index (χ0) is 27.4. The Kier molecular flexibility index (Phi) is 10.6. The van der Waals surface area contributed by atoms with E-state index in [-0.39, 0.29) is 16.2 Å². The number of fused-ring (bicyclic) bond motifs is 3. The van der Waals surface area contributed by atoms with E-state index >= 15 is 0 Å². The van der Waals surface area contributed by atoms with Crippen LogP contribution in [0.3, 0.4) is 0 Å². The summed E-state index contributed by atoms with van der Waals surface area (Å²) in [4.78, 5) is 6.52. The van der Waals surface area contributed by atoms with Gasteiger partial charge in [-0.2, -0.15) is 0 Å². The molecule has 1 aliphatic rings. The van der Waals surface area contributed by atoms with E-state index in [2.05, 4.69) is 104 Å². The van der Waals surface area contributed by atoms with Gasteiger partial charge in [0.05, 0.1) is 0 Å². The lowest BCUT2D eigenvalue weighted by Gasteiger charge is -2.38. The molecule has 2 heterocycles. The van der Waals surface area contributed by atoms with E-state index in [0.29, 0.717) is 0 Å². The predicted octanol–water partition coefficient (Wildman–Crippen LogP) is 12.7. The largest absolute Gasteiger partial charge is 0.139 e. The van der Waals surface area contributed by atoms with Gasteiger partial charge in [0.1, 0.15) is 0 Å². The second-order valence-electron chi connectivity index (χ2n) is 13.5. The molecule has 0 spiro atoms. The third-order valence-electron chi connectivity index (χ3n) is 10.2. The van der Waals surface area contributed by atoms with Crippen LogP contribution in [0.5, 0.6) is 0 Å². The van der Waals surface area contributed by atoms with Crippen molar-refractivity contribution in [2.24, 2.45) is 11.8 Å². The average molecular weight is 543 g/mol. The van der Waals surface area contributed by atoms with Crippen molar-refractivity contribution in [2.45, 2.75) is 163 Å². The topological polar surface area (TPSA) is 0 Å². The van der Waals surface area contributed by atoms with Crippen LogP contribution in [0.1, 0.15) is 167 Å². The Morgan fingerprint density at radius 2 is 1.03 bits per heavy atom. The van der Waals surface area contributed by atoms with Crippen LogP contribution in [-0.4, -0.2) is 0 Å². The van der Waals surface area contributed by atoms with Gasteiger partial charge in [0.25, 0.3) is 0 Å². The van der Waals surface area contributed by atoms with Crippen LogP contribution >= 0.6 is 22.7 Å². The highest BCUT2D eigenvalue weighted by atomic mass is 32.1. The van der Waals surface area contributed by atoms with Gasteiger partial charge >= 0.3 is 0 Å². The molecule has 0 bridgehead atoms. The molecule has 0 radical (unpaired) electrons. The third kappa shape index (κ3) is 6.26. The summed E-state index contributed by atoms with van der Waals surface area (Å²) in [6, 6.07) is 5.42. The van der Waals surface area contributed by atoms with Crippen LogP contribution in [0.25, 0.3) is 9.75 Å². The van der Waals surface area contributed by atoms with Crippen molar-refractivity contribution in [1.82, 2.24) is 0 Å². The highest BCUT2D eigenvalue weighted by molar-refractivity contribution is 7.23. The minimum atomic E-state index is 0.199. The Labute approximate surface area is 239 Å². The SMILES string of the molecule is CCCCC(CC)CC1(CC(CC)CCCC)c2cc(C(C)(C)CC)sc2-c2sc(C(C)(C)CC)cc21. The summed E-state index contributed by atoms with van der Waals surface area (Å²) < 4.78 is 0. The molecular weight excluding hydrogens is 485 g/mol. The van der Waals surface area contributed by atoms with Crippen molar-refractivity contribution < 1.29 is 0 Å². The number of hydrogen-bond acceptors (Lipinski definition) is 2. The summed E-state index contributed by atoms with van der Waals surface area (Å²) in [5.74, 6) is 1.63. The molecule has 0 amide bonds. The molecule has 1 aliphatic carbocycles. The van der Waals surface area contributed by atoms with Gasteiger partial charge in [0.2, 0.25) is 0 Å². The molecule has 2 aromatic heterocycles. The molecule has 2 heteroatoms. The second kappa shape index (κ2) is 12.7. The van der Waals surface area contributed by atoms with Crippen molar-refractivity contribution in [3.8, 4) is 9.75 Å². The normalized spacial score (nSPS) is 16.6. The lowest BCUT2D eigenvalue weighted by molar-refractivity contribution is 0.266. The highest BCUT2D eigenvalue weighted by Crippen LogP contribution is 2.62. The van der Waals surface area contributed by atoms with E-state index in [1.54, 1.807) is 30.6 Å². The van der Waals surface area contributed by atoms with Gasteiger partial charge in [-0.05, 0) is 71.6 Å². The van der Waals surface area contributed by atoms with Gasteiger partial charge < -0.3 is 0 Å². The Balaban J connectivity index is 2.26. The van der Waals surface area contributed by atoms with Crippen LogP contribution in [0.4, 0.5) is 0 Å². The number of unbranched alkanes of at least 4 members (excludes halogenated alkanes) is 2. The lowest BCUT2D eigenvalue weighted by Crippen LogP contribution is -2.31. The standard InChI is InChI=1S/C35H58S2/c1-11-17-19-25(13-3)23-35(24-26(14-4)20-18-12-2)27-21-29(33(7,8)15-5)36-31(27)32-28(35)22-30(37-32)34(9,10)16-6/h21-22,25-26H,11-20,23-24H2,1-10H3. The molecule has 0 nitrogen and oxygen atoms in total. The highest BCUT2D eigenvalue weighted by Gasteiger charge is 2.49. The molecule has 0 N–H and O–H groups in total. The summed E-state index contributed by atoms with van der Waals surface area (Å²) in [5.41, 5.74) is 4.15. The number of thiophene rings is 2. The van der Waals surface area contributed by atoms with E-state index in [0.717, 1.165) is 11.8 Å². The van der Waals surface area contributed by atoms with Crippen molar-refractivity contribution >= 4 is 22.7 Å². The molecule has 2 atom stereocenters. The molecule has 37 heavy (non-hydrogen) atoms. The van der Waals surface area contributed by atoms with Crippen molar-refractivity contribution in [2.75, 3.05) is 0 Å². The fraction of sp³-hybridized carbons (Fsp3) is 0.771. The summed E-state index contributed by atoms with van der Waals surface area (Å²) >= 11 is 4.29. The molecule has 210 valence electrons. The zero-order valence-electron chi connectivity index (χ0n) is 26.1. The molecule has 0 aromatic carbocycles. The minimum absolute atomic E-state index is 0.199. The quantitative estimate of drug-likeness (QED) is 0.198. The first-order valence-electron chi connectivity index (χ1n) is 15.8. The summed E-state index contributed by atoms with van der Waals surface area (Å²) in [5, 5.41) is 0. The zero-order valence-corrected chi connectivity index (χ0v) is 27.7. The molecule has 2 unspecified atom stereocenters. The molecule has 0 aliphatic heterocycles. The van der Waals surface area contributed by atoms with Crippen LogP contribution in [0.15, 0.2) is 12.1 Å². The van der Waals surface area contributed by atoms with E-state index in [4.69, 9.17) is 0 Å². The molecular formula is C35H58S2. The monoisotopic (exact) mass is 542 g/mol. The maximum atomic E-state index is 2.71. The maximum absolute atomic E-state index is 2.71. The minimum Gasteiger partial charge on any atom is -0.139 e. The van der Waals surface area contributed by atoms with Gasteiger partial charge in [-0.25, -0.2) is 0 Å². The number of rotatable bonds is 16. The van der Waals surface area contributed by atoms with Crippen LogP contribution in [0.2, 0.25) is 0 Å². The Morgan fingerprint density at radius 3 is 1.32 bits per heavy atom. The predicted molar refractivity (Wildman–Crippen MR) is 171 cm³/mol. The first kappa shape index (κ1) is 30.9. The van der Waals surface area contributed by atoms with Crippen LogP contribution < -0.4 is 0 Å². The van der Waals surface area contributed by atoms with E-state index in [9.17, 15) is 0 Å². The summed E-state index contributed by atoms with van der Waals surface area (Å²) in [7, 11) is 0. The molecule has 3 rings (SSSR count). The van der Waals surface area contributed by atoms with E-state index in [1.165, 1.54) is 77.0 Å². The second-order valence-corrected chi connectivity index (χ2v) is 15.6. The van der Waals surface area contributed by atoms with Crippen molar-refractivity contribution in [3.63, 3.8) is 0 Å². The maximum Gasteiger partial charge on any atom is 0.0490 e. The van der Waals surface area contributed by atoms with E-state index in [1.807, 2.05) is 0 Å². The average Bonchev–Trinajstić information content (AvgIpc) is 3.58. The van der Waals surface area contributed by atoms with Crippen molar-refractivity contribution in [1.29, 1.82) is 0 Å². The van der Waals surface area contributed by atoms with Gasteiger partial charge in [0.15, 0.2) is 0 Å². The fourth-order valence-electron chi connectivity index (χ4n) is 6.39. The first-order chi connectivity index (χ1) is 17.5. The van der Waals surface area contributed by atoms with Gasteiger partial charge in [0, 0.05) is 24.9 Å². The Hall–Kier alpha value is -0.600. The molecule has 0 saturated heterocycles. The van der Waals surface area contributed by atoms with Gasteiger partial charge in [-0.1, -0.05) is 121 Å². The van der Waals surface area contributed by atoms with Gasteiger partial charge in [-0.15, -0.1) is 22.7 Å². The van der Waals surface area contributed by atoms with Crippen LogP contribution in [0, 0.1) is 11.8 Å². The molecule has 2 aromatic rings. The van der Waals surface area contributed by atoms with E-state index < -0.39 is 0 Å². The third-order valence-corrected chi connectivity index (χ3v) is 13.3. The van der Waals surface area contributed by atoms with Crippen LogP contribution in [-0.2, 0) is 16.2 Å². The lowest BCUT2D eigenvalue weighted by atomic mass is 9.65. The smallest absolute Gasteiger partial charge is 0.0490 e. The molecule has 0 saturated carbocycles.